The molecule has 33 heavy (non-hydrogen) atoms. The topological polar surface area (TPSA) is 43.8 Å². The van der Waals surface area contributed by atoms with Crippen LogP contribution in [0.15, 0.2) is 73.1 Å². The molecule has 2 aromatic carbocycles. The lowest BCUT2D eigenvalue weighted by Gasteiger charge is -2.38. The summed E-state index contributed by atoms with van der Waals surface area (Å²) in [7, 11) is 0. The smallest absolute Gasteiger partial charge is 0.125 e. The summed E-state index contributed by atoms with van der Waals surface area (Å²) in [5.41, 5.74) is 2.14. The monoisotopic (exact) mass is 448 g/mol. The van der Waals surface area contributed by atoms with Crippen LogP contribution in [0.5, 0.6) is 11.5 Å². The number of ether oxygens (including phenoxy) is 3. The Morgan fingerprint density at radius 1 is 1.03 bits per heavy atom. The van der Waals surface area contributed by atoms with E-state index in [2.05, 4.69) is 22.0 Å². The van der Waals surface area contributed by atoms with Gasteiger partial charge in [0.05, 0.1) is 12.2 Å². The van der Waals surface area contributed by atoms with Gasteiger partial charge in [0.2, 0.25) is 0 Å². The van der Waals surface area contributed by atoms with Crippen LogP contribution >= 0.6 is 0 Å². The Balaban J connectivity index is 1.13. The first kappa shape index (κ1) is 21.9. The second kappa shape index (κ2) is 9.89. The molecule has 6 heteroatoms. The van der Waals surface area contributed by atoms with Crippen molar-refractivity contribution in [2.24, 2.45) is 0 Å². The summed E-state index contributed by atoms with van der Waals surface area (Å²) in [5.74, 6) is 1.37. The minimum absolute atomic E-state index is 0.0172. The number of hydrogen-bond donors (Lipinski definition) is 0. The molecule has 3 heterocycles. The molecule has 1 atom stereocenters. The molecule has 0 aliphatic carbocycles. The van der Waals surface area contributed by atoms with Gasteiger partial charge in [-0.25, -0.2) is 4.39 Å². The Morgan fingerprint density at radius 3 is 2.64 bits per heavy atom. The normalized spacial score (nSPS) is 20.1. The molecule has 5 nitrogen and oxygen atoms in total. The maximum Gasteiger partial charge on any atom is 0.125 e. The van der Waals surface area contributed by atoms with Crippen LogP contribution in [-0.4, -0.2) is 41.3 Å². The summed E-state index contributed by atoms with van der Waals surface area (Å²) in [6, 6.07) is 18.4. The zero-order valence-corrected chi connectivity index (χ0v) is 18.7. The fourth-order valence-electron chi connectivity index (χ4n) is 4.71. The molecule has 0 unspecified atom stereocenters. The Labute approximate surface area is 194 Å². The molecule has 5 rings (SSSR count). The van der Waals surface area contributed by atoms with Crippen molar-refractivity contribution in [2.45, 2.75) is 44.1 Å². The van der Waals surface area contributed by atoms with Crippen molar-refractivity contribution >= 4 is 0 Å². The number of aromatic nitrogens is 1. The van der Waals surface area contributed by atoms with E-state index in [4.69, 9.17) is 14.2 Å². The summed E-state index contributed by atoms with van der Waals surface area (Å²) in [4.78, 5) is 6.62. The number of piperidine rings is 1. The van der Waals surface area contributed by atoms with E-state index in [1.54, 1.807) is 18.3 Å². The SMILES string of the molecule is Fc1ccc(O[C@H]2COC3(CCN(Cc4ccccc4OCc4cccnc4)CC3)C2)cc1. The first-order valence-electron chi connectivity index (χ1n) is 11.6. The predicted octanol–water partition coefficient (Wildman–Crippen LogP) is 5.00. The van der Waals surface area contributed by atoms with Crippen LogP contribution in [0.3, 0.4) is 0 Å². The van der Waals surface area contributed by atoms with E-state index in [1.165, 1.54) is 17.7 Å². The van der Waals surface area contributed by atoms with Crippen LogP contribution in [0.1, 0.15) is 30.4 Å². The minimum Gasteiger partial charge on any atom is -0.489 e. The highest BCUT2D eigenvalue weighted by atomic mass is 19.1. The Hall–Kier alpha value is -2.96. The number of benzene rings is 2. The molecule has 2 saturated heterocycles. The average Bonchev–Trinajstić information content (AvgIpc) is 3.24. The van der Waals surface area contributed by atoms with Crippen molar-refractivity contribution in [2.75, 3.05) is 19.7 Å². The summed E-state index contributed by atoms with van der Waals surface area (Å²) in [6.07, 6.45) is 6.46. The van der Waals surface area contributed by atoms with E-state index in [0.717, 1.165) is 50.2 Å². The summed E-state index contributed by atoms with van der Waals surface area (Å²) in [5, 5.41) is 0. The van der Waals surface area contributed by atoms with Crippen LogP contribution in [0, 0.1) is 5.82 Å². The van der Waals surface area contributed by atoms with Crippen molar-refractivity contribution in [3.63, 3.8) is 0 Å². The van der Waals surface area contributed by atoms with Crippen molar-refractivity contribution in [1.29, 1.82) is 0 Å². The van der Waals surface area contributed by atoms with E-state index in [1.807, 2.05) is 30.5 Å². The lowest BCUT2D eigenvalue weighted by atomic mass is 9.88. The van der Waals surface area contributed by atoms with Gasteiger partial charge < -0.3 is 14.2 Å². The van der Waals surface area contributed by atoms with Crippen molar-refractivity contribution < 1.29 is 18.6 Å². The molecule has 2 aliphatic rings. The number of halogens is 1. The first-order valence-corrected chi connectivity index (χ1v) is 11.6. The number of para-hydroxylation sites is 1. The van der Waals surface area contributed by atoms with Crippen molar-refractivity contribution in [1.82, 2.24) is 9.88 Å². The first-order chi connectivity index (χ1) is 16.2. The zero-order chi connectivity index (χ0) is 22.5. The summed E-state index contributed by atoms with van der Waals surface area (Å²) < 4.78 is 31.5. The molecule has 1 aromatic heterocycles. The largest absolute Gasteiger partial charge is 0.489 e. The fourth-order valence-corrected chi connectivity index (χ4v) is 4.71. The lowest BCUT2D eigenvalue weighted by molar-refractivity contribution is -0.0455. The Bertz CT molecular complexity index is 1040. The van der Waals surface area contributed by atoms with Gasteiger partial charge in [-0.3, -0.25) is 9.88 Å². The molecular formula is C27H29FN2O3. The third-order valence-corrected chi connectivity index (χ3v) is 6.54. The summed E-state index contributed by atoms with van der Waals surface area (Å²) in [6.45, 7) is 3.90. The molecule has 1 spiro atoms. The predicted molar refractivity (Wildman–Crippen MR) is 124 cm³/mol. The maximum atomic E-state index is 13.1. The Kier molecular flexibility index (Phi) is 6.55. The van der Waals surface area contributed by atoms with Gasteiger partial charge in [0.15, 0.2) is 0 Å². The number of hydrogen-bond acceptors (Lipinski definition) is 5. The molecule has 3 aromatic rings. The van der Waals surface area contributed by atoms with Gasteiger partial charge in [-0.15, -0.1) is 0 Å². The van der Waals surface area contributed by atoms with Crippen molar-refractivity contribution in [3.05, 3.63) is 90.0 Å². The van der Waals surface area contributed by atoms with E-state index < -0.39 is 0 Å². The molecule has 2 fully saturated rings. The highest BCUT2D eigenvalue weighted by Gasteiger charge is 2.43. The molecular weight excluding hydrogens is 419 g/mol. The van der Waals surface area contributed by atoms with E-state index in [-0.39, 0.29) is 17.5 Å². The minimum atomic E-state index is -0.252. The van der Waals surface area contributed by atoms with Gasteiger partial charge in [0.25, 0.3) is 0 Å². The van der Waals surface area contributed by atoms with Gasteiger partial charge in [0.1, 0.15) is 30.0 Å². The van der Waals surface area contributed by atoms with Crippen LogP contribution in [-0.2, 0) is 17.9 Å². The van der Waals surface area contributed by atoms with E-state index in [0.29, 0.717) is 19.0 Å². The number of pyridine rings is 1. The standard InChI is InChI=1S/C27H29FN2O3/c28-23-7-9-24(10-8-23)33-25-16-27(32-20-25)11-14-30(15-12-27)18-22-5-1-2-6-26(22)31-19-21-4-3-13-29-17-21/h1-10,13,17,25H,11-12,14-16,18-20H2/t25-/m1/s1. The molecule has 2 aliphatic heterocycles. The zero-order valence-electron chi connectivity index (χ0n) is 18.7. The summed E-state index contributed by atoms with van der Waals surface area (Å²) >= 11 is 0. The molecule has 0 amide bonds. The van der Waals surface area contributed by atoms with Gasteiger partial charge >= 0.3 is 0 Å². The lowest BCUT2D eigenvalue weighted by Crippen LogP contribution is -2.44. The van der Waals surface area contributed by atoms with Crippen LogP contribution in [0.25, 0.3) is 0 Å². The Morgan fingerprint density at radius 2 is 1.85 bits per heavy atom. The van der Waals surface area contributed by atoms with Crippen LogP contribution in [0.2, 0.25) is 0 Å². The average molecular weight is 449 g/mol. The van der Waals surface area contributed by atoms with Gasteiger partial charge in [0, 0.05) is 49.6 Å². The number of nitrogens with zero attached hydrogens (tertiary/aromatic N) is 2. The number of likely N-dealkylation sites (tertiary alicyclic amines) is 1. The molecule has 172 valence electrons. The second-order valence-corrected chi connectivity index (χ2v) is 8.93. The molecule has 0 saturated carbocycles. The number of rotatable bonds is 7. The fraction of sp³-hybridized carbons (Fsp3) is 0.370. The van der Waals surface area contributed by atoms with E-state index in [9.17, 15) is 4.39 Å². The van der Waals surface area contributed by atoms with Gasteiger partial charge in [-0.1, -0.05) is 24.3 Å². The van der Waals surface area contributed by atoms with Crippen molar-refractivity contribution in [3.8, 4) is 11.5 Å². The van der Waals surface area contributed by atoms with E-state index >= 15 is 0 Å². The molecule has 0 bridgehead atoms. The van der Waals surface area contributed by atoms with Gasteiger partial charge in [-0.2, -0.15) is 0 Å². The molecule has 0 radical (unpaired) electrons. The highest BCUT2D eigenvalue weighted by Crippen LogP contribution is 2.38. The van der Waals surface area contributed by atoms with Crippen LogP contribution < -0.4 is 9.47 Å². The highest BCUT2D eigenvalue weighted by molar-refractivity contribution is 5.33. The maximum absolute atomic E-state index is 13.1. The third kappa shape index (κ3) is 5.52. The third-order valence-electron chi connectivity index (χ3n) is 6.54. The molecule has 0 N–H and O–H groups in total. The van der Waals surface area contributed by atoms with Crippen LogP contribution in [0.4, 0.5) is 4.39 Å². The quantitative estimate of drug-likeness (QED) is 0.509. The second-order valence-electron chi connectivity index (χ2n) is 8.93. The van der Waals surface area contributed by atoms with Gasteiger partial charge in [-0.05, 0) is 49.2 Å².